The molecule has 2 N–H and O–H groups in total. The van der Waals surface area contributed by atoms with Gasteiger partial charge in [0.1, 0.15) is 5.41 Å². The normalized spacial score (nSPS) is 23.8. The molecule has 0 radical (unpaired) electrons. The minimum absolute atomic E-state index is 0.0757. The number of hydrogen-bond donors (Lipinski definition) is 1. The fraction of sp³-hybridized carbons (Fsp3) is 0.800. The van der Waals surface area contributed by atoms with E-state index in [4.69, 9.17) is 10.5 Å². The Morgan fingerprint density at radius 3 is 2.31 bits per heavy atom. The second kappa shape index (κ2) is 4.39. The highest BCUT2D eigenvalue weighted by molar-refractivity contribution is 5.84. The van der Waals surface area contributed by atoms with Crippen molar-refractivity contribution in [3.8, 4) is 0 Å². The molecule has 0 aromatic heterocycles. The topological polar surface area (TPSA) is 75.9 Å². The van der Waals surface area contributed by atoms with Crippen molar-refractivity contribution in [3.63, 3.8) is 0 Å². The molecule has 2 amide bonds. The van der Waals surface area contributed by atoms with Gasteiger partial charge < -0.3 is 20.3 Å². The smallest absolute Gasteiger partial charge is 0.234 e. The average Bonchev–Trinajstić information content (AvgIpc) is 2.28. The van der Waals surface area contributed by atoms with E-state index >= 15 is 0 Å². The van der Waals surface area contributed by atoms with Gasteiger partial charge in [-0.1, -0.05) is 0 Å². The number of piperazine rings is 1. The fourth-order valence-corrected chi connectivity index (χ4v) is 2.04. The van der Waals surface area contributed by atoms with Gasteiger partial charge in [-0.25, -0.2) is 0 Å². The largest absolute Gasteiger partial charge is 0.379 e. The summed E-state index contributed by atoms with van der Waals surface area (Å²) in [5, 5.41) is 0. The molecule has 2 rings (SSSR count). The van der Waals surface area contributed by atoms with Gasteiger partial charge in [-0.3, -0.25) is 9.59 Å². The van der Waals surface area contributed by atoms with Gasteiger partial charge in [-0.2, -0.15) is 0 Å². The van der Waals surface area contributed by atoms with Crippen LogP contribution in [0, 0.1) is 5.41 Å². The second-order valence-corrected chi connectivity index (χ2v) is 4.41. The molecule has 0 aromatic carbocycles. The van der Waals surface area contributed by atoms with Gasteiger partial charge in [-0.15, -0.1) is 0 Å². The average molecular weight is 227 g/mol. The van der Waals surface area contributed by atoms with Crippen LogP contribution in [0.15, 0.2) is 0 Å². The van der Waals surface area contributed by atoms with Crippen molar-refractivity contribution in [1.29, 1.82) is 0 Å². The zero-order chi connectivity index (χ0) is 11.6. The number of amides is 2. The minimum atomic E-state index is -0.497. The van der Waals surface area contributed by atoms with Crippen molar-refractivity contribution >= 4 is 12.3 Å². The third kappa shape index (κ3) is 1.78. The van der Waals surface area contributed by atoms with E-state index < -0.39 is 5.41 Å². The molecular formula is C10H17N3O3. The van der Waals surface area contributed by atoms with Crippen molar-refractivity contribution < 1.29 is 14.3 Å². The van der Waals surface area contributed by atoms with Crippen LogP contribution < -0.4 is 5.73 Å². The third-order valence-corrected chi connectivity index (χ3v) is 3.35. The first-order valence-corrected chi connectivity index (χ1v) is 5.48. The summed E-state index contributed by atoms with van der Waals surface area (Å²) in [6, 6.07) is 0. The van der Waals surface area contributed by atoms with Crippen molar-refractivity contribution in [2.45, 2.75) is 0 Å². The van der Waals surface area contributed by atoms with Crippen LogP contribution in [0.4, 0.5) is 0 Å². The molecule has 2 aliphatic rings. The number of nitrogens with zero attached hydrogens (tertiary/aromatic N) is 2. The summed E-state index contributed by atoms with van der Waals surface area (Å²) in [5.74, 6) is 0.0757. The lowest BCUT2D eigenvalue weighted by molar-refractivity contribution is -0.172. The summed E-state index contributed by atoms with van der Waals surface area (Å²) in [6.45, 7) is 3.60. The zero-order valence-corrected chi connectivity index (χ0v) is 9.22. The van der Waals surface area contributed by atoms with Crippen molar-refractivity contribution in [1.82, 2.24) is 9.80 Å². The number of carbonyl (C=O) groups is 2. The first kappa shape index (κ1) is 11.3. The van der Waals surface area contributed by atoms with Gasteiger partial charge in [0.25, 0.3) is 0 Å². The Bertz CT molecular complexity index is 278. The Hall–Kier alpha value is -1.14. The molecule has 2 fully saturated rings. The van der Waals surface area contributed by atoms with Crippen LogP contribution in [0.2, 0.25) is 0 Å². The maximum atomic E-state index is 12.2. The number of ether oxygens (including phenoxy) is 1. The Balaban J connectivity index is 1.93. The molecule has 90 valence electrons. The van der Waals surface area contributed by atoms with E-state index in [1.54, 1.807) is 9.80 Å². The van der Waals surface area contributed by atoms with Gasteiger partial charge in [0, 0.05) is 32.7 Å². The SMILES string of the molecule is NCC1(C(=O)N2CCN(C=O)CC2)COC1. The zero-order valence-electron chi connectivity index (χ0n) is 9.22. The predicted molar refractivity (Wildman–Crippen MR) is 56.5 cm³/mol. The number of rotatable bonds is 3. The van der Waals surface area contributed by atoms with Gasteiger partial charge in [-0.05, 0) is 0 Å². The van der Waals surface area contributed by atoms with Crippen molar-refractivity contribution in [2.75, 3.05) is 45.9 Å². The highest BCUT2D eigenvalue weighted by Gasteiger charge is 2.47. The lowest BCUT2D eigenvalue weighted by Gasteiger charge is -2.44. The van der Waals surface area contributed by atoms with E-state index in [-0.39, 0.29) is 5.91 Å². The highest BCUT2D eigenvalue weighted by atomic mass is 16.5. The standard InChI is InChI=1S/C10H17N3O3/c11-5-10(6-16-7-10)9(15)13-3-1-12(8-14)2-4-13/h8H,1-7,11H2. The Morgan fingerprint density at radius 2 is 1.94 bits per heavy atom. The van der Waals surface area contributed by atoms with E-state index in [2.05, 4.69) is 0 Å². The monoisotopic (exact) mass is 227 g/mol. The first-order chi connectivity index (χ1) is 7.72. The summed E-state index contributed by atoms with van der Waals surface area (Å²) in [5.41, 5.74) is 5.14. The van der Waals surface area contributed by atoms with Gasteiger partial charge in [0.05, 0.1) is 13.2 Å². The molecule has 2 aliphatic heterocycles. The molecule has 0 atom stereocenters. The summed E-state index contributed by atoms with van der Waals surface area (Å²) in [7, 11) is 0. The second-order valence-electron chi connectivity index (χ2n) is 4.41. The van der Waals surface area contributed by atoms with Crippen LogP contribution in [0.1, 0.15) is 0 Å². The lowest BCUT2D eigenvalue weighted by Crippen LogP contribution is -2.61. The van der Waals surface area contributed by atoms with Crippen LogP contribution in [0.3, 0.4) is 0 Å². The molecule has 0 saturated carbocycles. The summed E-state index contributed by atoms with van der Waals surface area (Å²) in [6.07, 6.45) is 0.826. The van der Waals surface area contributed by atoms with E-state index in [9.17, 15) is 9.59 Å². The third-order valence-electron chi connectivity index (χ3n) is 3.35. The Labute approximate surface area is 94.3 Å². The first-order valence-electron chi connectivity index (χ1n) is 5.48. The van der Waals surface area contributed by atoms with Crippen LogP contribution in [0.5, 0.6) is 0 Å². The number of carbonyl (C=O) groups excluding carboxylic acids is 2. The lowest BCUT2D eigenvalue weighted by atomic mass is 9.84. The van der Waals surface area contributed by atoms with Crippen LogP contribution in [0.25, 0.3) is 0 Å². The molecule has 0 unspecified atom stereocenters. The molecule has 16 heavy (non-hydrogen) atoms. The predicted octanol–water partition coefficient (Wildman–Crippen LogP) is -1.74. The summed E-state index contributed by atoms with van der Waals surface area (Å²) < 4.78 is 5.09. The van der Waals surface area contributed by atoms with Crippen LogP contribution >= 0.6 is 0 Å². The number of nitrogens with two attached hydrogens (primary N) is 1. The highest BCUT2D eigenvalue weighted by Crippen LogP contribution is 2.28. The molecule has 2 saturated heterocycles. The van der Waals surface area contributed by atoms with E-state index in [1.807, 2.05) is 0 Å². The van der Waals surface area contributed by atoms with E-state index in [0.717, 1.165) is 6.41 Å². The van der Waals surface area contributed by atoms with Gasteiger partial charge in [0.2, 0.25) is 12.3 Å². The fourth-order valence-electron chi connectivity index (χ4n) is 2.04. The number of hydrogen-bond acceptors (Lipinski definition) is 4. The van der Waals surface area contributed by atoms with E-state index in [0.29, 0.717) is 45.9 Å². The van der Waals surface area contributed by atoms with Crippen molar-refractivity contribution in [3.05, 3.63) is 0 Å². The molecule has 6 heteroatoms. The van der Waals surface area contributed by atoms with Crippen LogP contribution in [-0.2, 0) is 14.3 Å². The molecule has 6 nitrogen and oxygen atoms in total. The van der Waals surface area contributed by atoms with Crippen molar-refractivity contribution in [2.24, 2.45) is 11.1 Å². The molecule has 2 heterocycles. The molecule has 0 bridgehead atoms. The summed E-state index contributed by atoms with van der Waals surface area (Å²) >= 11 is 0. The Morgan fingerprint density at radius 1 is 1.31 bits per heavy atom. The Kier molecular flexibility index (Phi) is 3.11. The molecule has 0 spiro atoms. The quantitative estimate of drug-likeness (QED) is 0.581. The molecular weight excluding hydrogens is 210 g/mol. The maximum Gasteiger partial charge on any atom is 0.234 e. The maximum absolute atomic E-state index is 12.2. The summed E-state index contributed by atoms with van der Waals surface area (Å²) in [4.78, 5) is 26.2. The van der Waals surface area contributed by atoms with Crippen LogP contribution in [-0.4, -0.2) is 68.1 Å². The van der Waals surface area contributed by atoms with E-state index in [1.165, 1.54) is 0 Å². The minimum Gasteiger partial charge on any atom is -0.379 e. The van der Waals surface area contributed by atoms with Gasteiger partial charge in [0.15, 0.2) is 0 Å². The molecule has 0 aromatic rings. The van der Waals surface area contributed by atoms with Gasteiger partial charge >= 0.3 is 0 Å². The molecule has 0 aliphatic carbocycles.